The van der Waals surface area contributed by atoms with Gasteiger partial charge in [-0.25, -0.2) is 8.42 Å². The number of carbonyl (C=O) groups is 1. The lowest BCUT2D eigenvalue weighted by molar-refractivity contribution is -0.128. The zero-order valence-corrected chi connectivity index (χ0v) is 21.6. The van der Waals surface area contributed by atoms with Crippen LogP contribution in [-0.2, 0) is 27.7 Å². The largest absolute Gasteiger partial charge is 0.476 e. The molecule has 1 heterocycles. The number of aryl methyl sites for hydroxylation is 3. The van der Waals surface area contributed by atoms with Crippen LogP contribution in [0.3, 0.4) is 0 Å². The smallest absolute Gasteiger partial charge is 0.264 e. The van der Waals surface area contributed by atoms with E-state index in [1.165, 1.54) is 28.3 Å². The van der Waals surface area contributed by atoms with Gasteiger partial charge in [0.15, 0.2) is 6.10 Å². The number of sulfonamides is 1. The minimum absolute atomic E-state index is 0.0971. The summed E-state index contributed by atoms with van der Waals surface area (Å²) in [6, 6.07) is 20.0. The zero-order valence-electron chi connectivity index (χ0n) is 20.7. The Hall–Kier alpha value is -3.32. The molecular weight excluding hydrogens is 472 g/mol. The molecule has 5 rings (SSSR count). The lowest BCUT2D eigenvalue weighted by Gasteiger charge is -2.35. The van der Waals surface area contributed by atoms with Crippen LogP contribution in [0.2, 0.25) is 0 Å². The van der Waals surface area contributed by atoms with Crippen molar-refractivity contribution in [3.63, 3.8) is 0 Å². The third-order valence-electron chi connectivity index (χ3n) is 7.11. The maximum Gasteiger partial charge on any atom is 0.264 e. The van der Waals surface area contributed by atoms with Gasteiger partial charge in [-0.05, 0) is 85.5 Å². The maximum atomic E-state index is 13.6. The van der Waals surface area contributed by atoms with E-state index in [0.29, 0.717) is 11.4 Å². The van der Waals surface area contributed by atoms with Crippen LogP contribution in [0.4, 0.5) is 5.69 Å². The van der Waals surface area contributed by atoms with Gasteiger partial charge in [-0.1, -0.05) is 49.4 Å². The van der Waals surface area contributed by atoms with Crippen molar-refractivity contribution in [3.05, 3.63) is 89.0 Å². The summed E-state index contributed by atoms with van der Waals surface area (Å²) in [5.74, 6) is 0.0624. The van der Waals surface area contributed by atoms with Crippen LogP contribution in [0.15, 0.2) is 71.6 Å². The first-order valence-corrected chi connectivity index (χ1v) is 14.1. The molecule has 2 aliphatic rings. The number of benzene rings is 3. The molecule has 3 aromatic carbocycles. The SMILES string of the molecule is CCC(NC(=O)C1CN(S(=O)(=O)c2ccccc2)c2cc(C)ccc2O1)c1ccc2c(c1)CCCC2. The van der Waals surface area contributed by atoms with Gasteiger partial charge in [0.25, 0.3) is 15.9 Å². The number of nitrogens with one attached hydrogen (secondary N) is 1. The number of rotatable bonds is 6. The van der Waals surface area contributed by atoms with Gasteiger partial charge in [0.05, 0.1) is 23.2 Å². The van der Waals surface area contributed by atoms with Crippen LogP contribution in [-0.4, -0.2) is 27.0 Å². The molecule has 1 aliphatic heterocycles. The number of amides is 1. The molecule has 0 aromatic heterocycles. The second-order valence-electron chi connectivity index (χ2n) is 9.63. The molecule has 1 N–H and O–H groups in total. The Kier molecular flexibility index (Phi) is 6.75. The zero-order chi connectivity index (χ0) is 25.3. The highest BCUT2D eigenvalue weighted by Crippen LogP contribution is 2.38. The second kappa shape index (κ2) is 9.97. The first-order chi connectivity index (χ1) is 17.4. The van der Waals surface area contributed by atoms with Gasteiger partial charge in [-0.2, -0.15) is 0 Å². The van der Waals surface area contributed by atoms with Gasteiger partial charge < -0.3 is 10.1 Å². The Morgan fingerprint density at radius 3 is 2.53 bits per heavy atom. The third-order valence-corrected chi connectivity index (χ3v) is 8.90. The number of fused-ring (bicyclic) bond motifs is 2. The van der Waals surface area contributed by atoms with Gasteiger partial charge >= 0.3 is 0 Å². The van der Waals surface area contributed by atoms with Crippen LogP contribution in [0.5, 0.6) is 5.75 Å². The molecule has 7 heteroatoms. The van der Waals surface area contributed by atoms with E-state index in [2.05, 4.69) is 23.5 Å². The van der Waals surface area contributed by atoms with E-state index in [0.717, 1.165) is 30.4 Å². The minimum atomic E-state index is -3.88. The number of ether oxygens (including phenoxy) is 1. The van der Waals surface area contributed by atoms with Crippen molar-refractivity contribution in [2.24, 2.45) is 0 Å². The quantitative estimate of drug-likeness (QED) is 0.507. The van der Waals surface area contributed by atoms with E-state index >= 15 is 0 Å². The lowest BCUT2D eigenvalue weighted by Crippen LogP contribution is -2.51. The number of hydrogen-bond donors (Lipinski definition) is 1. The first kappa shape index (κ1) is 24.4. The molecule has 0 spiro atoms. The lowest BCUT2D eigenvalue weighted by atomic mass is 9.88. The van der Waals surface area contributed by atoms with Crippen molar-refractivity contribution in [2.45, 2.75) is 63.0 Å². The Balaban J connectivity index is 1.42. The fraction of sp³-hybridized carbons (Fsp3) is 0.345. The van der Waals surface area contributed by atoms with Crippen LogP contribution >= 0.6 is 0 Å². The van der Waals surface area contributed by atoms with Crippen LogP contribution in [0.1, 0.15) is 54.5 Å². The van der Waals surface area contributed by atoms with Gasteiger partial charge in [0.2, 0.25) is 0 Å². The van der Waals surface area contributed by atoms with E-state index < -0.39 is 16.1 Å². The fourth-order valence-corrected chi connectivity index (χ4v) is 6.59. The summed E-state index contributed by atoms with van der Waals surface area (Å²) in [5.41, 5.74) is 5.20. The van der Waals surface area contributed by atoms with Crippen LogP contribution in [0, 0.1) is 6.92 Å². The van der Waals surface area contributed by atoms with Crippen molar-refractivity contribution in [1.82, 2.24) is 5.32 Å². The van der Waals surface area contributed by atoms with Gasteiger partial charge in [0, 0.05) is 0 Å². The van der Waals surface area contributed by atoms with Crippen molar-refractivity contribution in [2.75, 3.05) is 10.8 Å². The molecule has 0 radical (unpaired) electrons. The number of hydrogen-bond acceptors (Lipinski definition) is 4. The second-order valence-corrected chi connectivity index (χ2v) is 11.5. The molecule has 2 unspecified atom stereocenters. The predicted molar refractivity (Wildman–Crippen MR) is 141 cm³/mol. The standard InChI is InChI=1S/C29H32N2O4S/c1-3-25(23-15-14-21-9-7-8-10-22(21)18-23)30-29(32)28-19-31(26-17-20(2)13-16-27(26)35-28)36(33,34)24-11-5-4-6-12-24/h4-6,11-18,25,28H,3,7-10,19H2,1-2H3,(H,30,32). The summed E-state index contributed by atoms with van der Waals surface area (Å²) >= 11 is 0. The molecule has 1 amide bonds. The van der Waals surface area contributed by atoms with Crippen molar-refractivity contribution in [1.29, 1.82) is 0 Å². The molecule has 188 valence electrons. The summed E-state index contributed by atoms with van der Waals surface area (Å²) in [7, 11) is -3.88. The third kappa shape index (κ3) is 4.72. The maximum absolute atomic E-state index is 13.6. The topological polar surface area (TPSA) is 75.7 Å². The fourth-order valence-electron chi connectivity index (χ4n) is 5.10. The van der Waals surface area contributed by atoms with E-state index in [1.807, 2.05) is 19.9 Å². The molecule has 6 nitrogen and oxygen atoms in total. The highest BCUT2D eigenvalue weighted by Gasteiger charge is 2.38. The Bertz CT molecular complexity index is 1370. The van der Waals surface area contributed by atoms with Crippen LogP contribution in [0.25, 0.3) is 0 Å². The van der Waals surface area contributed by atoms with Crippen molar-refractivity contribution < 1.29 is 17.9 Å². The first-order valence-electron chi connectivity index (χ1n) is 12.6. The van der Waals surface area contributed by atoms with E-state index in [1.54, 1.807) is 42.5 Å². The number of anilines is 1. The summed E-state index contributed by atoms with van der Waals surface area (Å²) < 4.78 is 34.6. The predicted octanol–water partition coefficient (Wildman–Crippen LogP) is 5.10. The molecule has 0 saturated carbocycles. The van der Waals surface area contributed by atoms with Crippen molar-refractivity contribution >= 4 is 21.6 Å². The molecule has 36 heavy (non-hydrogen) atoms. The number of carbonyl (C=O) groups excluding carboxylic acids is 1. The summed E-state index contributed by atoms with van der Waals surface area (Å²) in [6.07, 6.45) is 4.36. The van der Waals surface area contributed by atoms with Crippen molar-refractivity contribution in [3.8, 4) is 5.75 Å². The monoisotopic (exact) mass is 504 g/mol. The Morgan fingerprint density at radius 1 is 1.03 bits per heavy atom. The summed E-state index contributed by atoms with van der Waals surface area (Å²) in [6.45, 7) is 3.84. The number of nitrogens with zero attached hydrogens (tertiary/aromatic N) is 1. The molecule has 0 saturated heterocycles. The average Bonchev–Trinajstić information content (AvgIpc) is 2.91. The van der Waals surface area contributed by atoms with E-state index in [9.17, 15) is 13.2 Å². The van der Waals surface area contributed by atoms with Gasteiger partial charge in [-0.3, -0.25) is 9.10 Å². The van der Waals surface area contributed by atoms with Crippen LogP contribution < -0.4 is 14.4 Å². The van der Waals surface area contributed by atoms with E-state index in [4.69, 9.17) is 4.74 Å². The highest BCUT2D eigenvalue weighted by molar-refractivity contribution is 7.92. The highest BCUT2D eigenvalue weighted by atomic mass is 32.2. The molecule has 2 atom stereocenters. The summed E-state index contributed by atoms with van der Waals surface area (Å²) in [5, 5.41) is 3.13. The van der Waals surface area contributed by atoms with E-state index in [-0.39, 0.29) is 23.4 Å². The Labute approximate surface area is 213 Å². The van der Waals surface area contributed by atoms with Gasteiger partial charge in [-0.15, -0.1) is 0 Å². The molecule has 1 aliphatic carbocycles. The Morgan fingerprint density at radius 2 is 1.78 bits per heavy atom. The summed E-state index contributed by atoms with van der Waals surface area (Å²) in [4.78, 5) is 13.6. The molecular formula is C29H32N2O4S. The van der Waals surface area contributed by atoms with Gasteiger partial charge in [0.1, 0.15) is 5.75 Å². The molecule has 3 aromatic rings. The average molecular weight is 505 g/mol. The normalized spacial score (nSPS) is 17.9. The molecule has 0 fully saturated rings. The minimum Gasteiger partial charge on any atom is -0.476 e. The molecule has 0 bridgehead atoms.